The van der Waals surface area contributed by atoms with Crippen LogP contribution in [0.1, 0.15) is 36.3 Å². The summed E-state index contributed by atoms with van der Waals surface area (Å²) in [6.07, 6.45) is 1.41. The number of benzene rings is 1. The third kappa shape index (κ3) is 4.33. The van der Waals surface area contributed by atoms with Crippen LogP contribution < -0.4 is 11.1 Å². The Morgan fingerprint density at radius 1 is 1.38 bits per heavy atom. The molecule has 29 heavy (non-hydrogen) atoms. The predicted octanol–water partition coefficient (Wildman–Crippen LogP) is 4.21. The average molecular weight is 436 g/mol. The lowest BCUT2D eigenvalue weighted by Gasteiger charge is -2.37. The van der Waals surface area contributed by atoms with Gasteiger partial charge in [0, 0.05) is 29.9 Å². The number of aliphatic imine (C=N–C) groups is 1. The van der Waals surface area contributed by atoms with Gasteiger partial charge in [-0.3, -0.25) is 9.79 Å². The highest BCUT2D eigenvalue weighted by Gasteiger charge is 2.44. The number of anilines is 1. The van der Waals surface area contributed by atoms with E-state index in [1.807, 2.05) is 0 Å². The van der Waals surface area contributed by atoms with Crippen LogP contribution in [0.25, 0.3) is 0 Å². The van der Waals surface area contributed by atoms with Crippen molar-refractivity contribution in [2.24, 2.45) is 10.7 Å². The van der Waals surface area contributed by atoms with Crippen molar-refractivity contribution in [3.63, 3.8) is 0 Å². The van der Waals surface area contributed by atoms with Crippen molar-refractivity contribution in [3.8, 4) is 6.07 Å². The van der Waals surface area contributed by atoms with Crippen LogP contribution in [0.15, 0.2) is 35.5 Å². The zero-order valence-corrected chi connectivity index (χ0v) is 17.0. The number of thioether (sulfide) groups is 1. The van der Waals surface area contributed by atoms with Gasteiger partial charge in [0.05, 0.1) is 16.6 Å². The van der Waals surface area contributed by atoms with Crippen molar-refractivity contribution in [2.75, 3.05) is 5.32 Å². The fraction of sp³-hybridized carbons (Fsp3) is 0.263. The third-order valence-corrected chi connectivity index (χ3v) is 5.64. The van der Waals surface area contributed by atoms with Crippen molar-refractivity contribution in [1.29, 1.82) is 5.26 Å². The molecule has 0 spiro atoms. The first-order chi connectivity index (χ1) is 13.5. The van der Waals surface area contributed by atoms with Gasteiger partial charge in [0.25, 0.3) is 5.91 Å². The molecule has 0 saturated heterocycles. The van der Waals surface area contributed by atoms with Crippen LogP contribution in [0.3, 0.4) is 0 Å². The van der Waals surface area contributed by atoms with Crippen molar-refractivity contribution in [2.45, 2.75) is 30.6 Å². The number of nitrogens with two attached hydrogens (primary N) is 1. The molecule has 1 aromatic heterocycles. The van der Waals surface area contributed by atoms with Crippen LogP contribution >= 0.6 is 23.4 Å². The molecule has 3 N–H and O–H groups in total. The molecule has 0 aliphatic carbocycles. The largest absolute Gasteiger partial charge is 0.378 e. The molecule has 2 aromatic rings. The molecule has 1 amide bonds. The smallest absolute Gasteiger partial charge is 0.274 e. The number of amidine groups is 1. The summed E-state index contributed by atoms with van der Waals surface area (Å²) in [7, 11) is 0. The Bertz CT molecular complexity index is 1060. The number of nitrogens with zero attached hydrogens (tertiary/aromatic N) is 3. The number of halogens is 3. The monoisotopic (exact) mass is 435 g/mol. The maximum atomic E-state index is 14.7. The van der Waals surface area contributed by atoms with Gasteiger partial charge in [0.1, 0.15) is 10.4 Å². The Morgan fingerprint density at radius 3 is 2.72 bits per heavy atom. The zero-order valence-electron chi connectivity index (χ0n) is 15.5. The van der Waals surface area contributed by atoms with Crippen molar-refractivity contribution in [3.05, 3.63) is 58.4 Å². The van der Waals surface area contributed by atoms with Gasteiger partial charge in [-0.1, -0.05) is 23.4 Å². The summed E-state index contributed by atoms with van der Waals surface area (Å²) in [6, 6.07) is 7.18. The summed E-state index contributed by atoms with van der Waals surface area (Å²) in [6.45, 7) is 3.23. The van der Waals surface area contributed by atoms with Gasteiger partial charge in [-0.2, -0.15) is 5.26 Å². The lowest BCUT2D eigenvalue weighted by Crippen LogP contribution is -2.40. The fourth-order valence-electron chi connectivity index (χ4n) is 3.21. The molecular formula is C19H16ClF2N5OS. The number of nitriles is 1. The minimum absolute atomic E-state index is 0.0209. The maximum absolute atomic E-state index is 14.7. The first-order valence-corrected chi connectivity index (χ1v) is 9.63. The number of rotatable bonds is 3. The van der Waals surface area contributed by atoms with Crippen LogP contribution in [0.2, 0.25) is 5.02 Å². The van der Waals surface area contributed by atoms with Crippen LogP contribution in [-0.2, 0) is 5.54 Å². The summed E-state index contributed by atoms with van der Waals surface area (Å²) in [5.74, 6) is -2.89. The second-order valence-electron chi connectivity index (χ2n) is 6.98. The molecule has 0 fully saturated rings. The summed E-state index contributed by atoms with van der Waals surface area (Å²) < 4.78 is 28.1. The molecule has 0 radical (unpaired) electrons. The summed E-state index contributed by atoms with van der Waals surface area (Å²) in [5, 5.41) is 12.4. The molecule has 150 valence electrons. The molecule has 2 atom stereocenters. The molecule has 0 saturated carbocycles. The normalized spacial score (nSPS) is 23.8. The quantitative estimate of drug-likeness (QED) is 0.751. The molecule has 2 heterocycles. The molecular weight excluding hydrogens is 420 g/mol. The van der Waals surface area contributed by atoms with Gasteiger partial charge in [0.2, 0.25) is 0 Å². The van der Waals surface area contributed by atoms with Crippen LogP contribution in [0, 0.1) is 23.0 Å². The topological polar surface area (TPSA) is 104 Å². The number of carbonyl (C=O) groups excluding carboxylic acids is 1. The van der Waals surface area contributed by atoms with E-state index in [2.05, 4.69) is 21.4 Å². The SMILES string of the molecule is C[C@]1(C#N)C[C@@](C)(c2cc(NC(=O)c3ccc(Cl)cn3)cc(F)c2F)N=C(N)S1. The summed E-state index contributed by atoms with van der Waals surface area (Å²) >= 11 is 6.82. The minimum Gasteiger partial charge on any atom is -0.378 e. The van der Waals surface area contributed by atoms with E-state index in [1.165, 1.54) is 24.4 Å². The summed E-state index contributed by atoms with van der Waals surface area (Å²) in [5.41, 5.74) is 4.53. The lowest BCUT2D eigenvalue weighted by atomic mass is 9.83. The number of hydrogen-bond acceptors (Lipinski definition) is 6. The van der Waals surface area contributed by atoms with E-state index >= 15 is 0 Å². The first kappa shape index (κ1) is 21.0. The number of nitrogens with one attached hydrogen (secondary N) is 1. The lowest BCUT2D eigenvalue weighted by molar-refractivity contribution is 0.102. The van der Waals surface area contributed by atoms with Crippen LogP contribution in [-0.4, -0.2) is 20.8 Å². The van der Waals surface area contributed by atoms with E-state index in [0.29, 0.717) is 5.02 Å². The number of aromatic nitrogens is 1. The summed E-state index contributed by atoms with van der Waals surface area (Å²) in [4.78, 5) is 20.5. The molecule has 10 heteroatoms. The zero-order chi connectivity index (χ0) is 21.4. The van der Waals surface area contributed by atoms with E-state index in [4.69, 9.17) is 17.3 Å². The second kappa shape index (κ2) is 7.61. The van der Waals surface area contributed by atoms with E-state index < -0.39 is 27.8 Å². The van der Waals surface area contributed by atoms with Gasteiger partial charge in [-0.05, 0) is 32.0 Å². The Balaban J connectivity index is 2.00. The van der Waals surface area contributed by atoms with Crippen LogP contribution in [0.5, 0.6) is 0 Å². The number of amides is 1. The predicted molar refractivity (Wildman–Crippen MR) is 109 cm³/mol. The van der Waals surface area contributed by atoms with E-state index in [-0.39, 0.29) is 28.5 Å². The third-order valence-electron chi connectivity index (χ3n) is 4.43. The highest BCUT2D eigenvalue weighted by atomic mass is 35.5. The van der Waals surface area contributed by atoms with Gasteiger partial charge in [0.15, 0.2) is 16.8 Å². The van der Waals surface area contributed by atoms with Gasteiger partial charge < -0.3 is 11.1 Å². The molecule has 1 aliphatic heterocycles. The van der Waals surface area contributed by atoms with Crippen molar-refractivity contribution >= 4 is 40.1 Å². The second-order valence-corrected chi connectivity index (χ2v) is 8.94. The van der Waals surface area contributed by atoms with Gasteiger partial charge in [-0.25, -0.2) is 13.8 Å². The molecule has 1 aromatic carbocycles. The standard InChI is InChI=1S/C19H16ClF2N5OS/c1-18(9-23)8-19(2,27-17(24)29-18)12-5-11(6-13(21)15(12)22)26-16(28)14-4-3-10(20)7-25-14/h3-7H,8H2,1-2H3,(H2,24,27)(H,26,28)/t18-,19+/m1/s1. The maximum Gasteiger partial charge on any atom is 0.274 e. The number of pyridine rings is 1. The average Bonchev–Trinajstić information content (AvgIpc) is 2.64. The van der Waals surface area contributed by atoms with Crippen LogP contribution in [0.4, 0.5) is 14.5 Å². The van der Waals surface area contributed by atoms with Gasteiger partial charge >= 0.3 is 0 Å². The molecule has 1 aliphatic rings. The Morgan fingerprint density at radius 2 is 2.10 bits per heavy atom. The Hall–Kier alpha value is -2.70. The molecule has 6 nitrogen and oxygen atoms in total. The fourth-order valence-corrected chi connectivity index (χ4v) is 4.42. The van der Waals surface area contributed by atoms with E-state index in [9.17, 15) is 18.8 Å². The number of hydrogen-bond donors (Lipinski definition) is 2. The van der Waals surface area contributed by atoms with E-state index in [1.54, 1.807) is 13.8 Å². The Kier molecular flexibility index (Phi) is 5.52. The van der Waals surface area contributed by atoms with Gasteiger partial charge in [-0.15, -0.1) is 0 Å². The van der Waals surface area contributed by atoms with Crippen molar-refractivity contribution in [1.82, 2.24) is 4.98 Å². The minimum atomic E-state index is -1.29. The Labute approximate surface area is 175 Å². The first-order valence-electron chi connectivity index (χ1n) is 8.43. The van der Waals surface area contributed by atoms with Crippen molar-refractivity contribution < 1.29 is 13.6 Å². The molecule has 0 unspecified atom stereocenters. The molecule has 3 rings (SSSR count). The highest BCUT2D eigenvalue weighted by Crippen LogP contribution is 2.46. The highest BCUT2D eigenvalue weighted by molar-refractivity contribution is 8.15. The number of carbonyl (C=O) groups is 1. The molecule has 0 bridgehead atoms. The van der Waals surface area contributed by atoms with E-state index in [0.717, 1.165) is 17.8 Å².